The lowest BCUT2D eigenvalue weighted by Crippen LogP contribution is -2.31. The predicted octanol–water partition coefficient (Wildman–Crippen LogP) is 3.82. The molecule has 3 aromatic rings. The number of rotatable bonds is 8. The Kier molecular flexibility index (Phi) is 6.78. The smallest absolute Gasteiger partial charge is 0.358 e. The number of carbonyl (C=O) groups excluding carboxylic acids is 2. The number of anilines is 1. The maximum atomic E-state index is 12.9. The number of nitrogens with one attached hydrogen (secondary N) is 1. The molecule has 0 spiro atoms. The van der Waals surface area contributed by atoms with E-state index in [0.29, 0.717) is 16.6 Å². The van der Waals surface area contributed by atoms with Crippen LogP contribution >= 0.6 is 11.3 Å². The normalized spacial score (nSPS) is 11.9. The molecule has 1 aromatic carbocycles. The molecule has 0 saturated heterocycles. The topological polar surface area (TPSA) is 95.3 Å². The Balaban J connectivity index is 1.53. The first-order chi connectivity index (χ1) is 14.3. The Morgan fingerprint density at radius 2 is 1.93 bits per heavy atom. The fraction of sp³-hybridized carbons (Fsp3) is 0.300. The van der Waals surface area contributed by atoms with Crippen molar-refractivity contribution in [2.24, 2.45) is 0 Å². The molecule has 0 bridgehead atoms. The summed E-state index contributed by atoms with van der Waals surface area (Å²) in [5, 5.41) is 8.91. The van der Waals surface area contributed by atoms with Crippen LogP contribution in [0.25, 0.3) is 0 Å². The summed E-state index contributed by atoms with van der Waals surface area (Å²) >= 11 is 1.22. The minimum absolute atomic E-state index is 0.0683. The van der Waals surface area contributed by atoms with Crippen molar-refractivity contribution in [3.8, 4) is 5.75 Å². The molecule has 30 heavy (non-hydrogen) atoms. The van der Waals surface area contributed by atoms with E-state index in [1.807, 2.05) is 13.8 Å². The van der Waals surface area contributed by atoms with Crippen molar-refractivity contribution < 1.29 is 23.5 Å². The average Bonchev–Trinajstić information content (AvgIpc) is 3.37. The number of halogens is 1. The first-order valence-electron chi connectivity index (χ1n) is 9.21. The Morgan fingerprint density at radius 1 is 1.20 bits per heavy atom. The molecule has 0 aliphatic carbocycles. The molecule has 0 radical (unpaired) electrons. The molecule has 0 aliphatic rings. The van der Waals surface area contributed by atoms with Gasteiger partial charge in [-0.3, -0.25) is 4.79 Å². The van der Waals surface area contributed by atoms with E-state index in [0.717, 1.165) is 0 Å². The molecule has 8 nitrogen and oxygen atoms in total. The highest BCUT2D eigenvalue weighted by Gasteiger charge is 2.22. The summed E-state index contributed by atoms with van der Waals surface area (Å²) in [6.45, 7) is 5.48. The lowest BCUT2D eigenvalue weighted by molar-refractivity contribution is -0.123. The molecule has 0 aliphatic heterocycles. The number of hydrogen-bond donors (Lipinski definition) is 1. The van der Waals surface area contributed by atoms with Gasteiger partial charge in [-0.2, -0.15) is 5.10 Å². The number of aromatic nitrogens is 3. The minimum atomic E-state index is -1.02. The van der Waals surface area contributed by atoms with Gasteiger partial charge < -0.3 is 14.8 Å². The molecule has 0 fully saturated rings. The van der Waals surface area contributed by atoms with E-state index in [-0.39, 0.29) is 24.2 Å². The van der Waals surface area contributed by atoms with E-state index in [1.165, 1.54) is 47.9 Å². The van der Waals surface area contributed by atoms with Crippen molar-refractivity contribution >= 4 is 29.0 Å². The van der Waals surface area contributed by atoms with Gasteiger partial charge in [-0.05, 0) is 45.0 Å². The highest BCUT2D eigenvalue weighted by Crippen LogP contribution is 2.17. The number of hydrogen-bond acceptors (Lipinski definition) is 7. The SMILES string of the molecule is CC(OC(=O)c1csc(COc2ccc(F)cc2)n1)C(=O)Nc1ccnn1C(C)C. The Bertz CT molecular complexity index is 1020. The highest BCUT2D eigenvalue weighted by atomic mass is 32.1. The van der Waals surface area contributed by atoms with E-state index in [4.69, 9.17) is 9.47 Å². The lowest BCUT2D eigenvalue weighted by atomic mass is 10.3. The van der Waals surface area contributed by atoms with E-state index in [1.54, 1.807) is 16.9 Å². The standard InChI is InChI=1S/C20H21FN4O4S/c1-12(2)25-17(8-9-22-25)24-19(26)13(3)29-20(27)16-11-30-18(23-16)10-28-15-6-4-14(21)5-7-15/h4-9,11-13H,10H2,1-3H3,(H,24,26). The first-order valence-corrected chi connectivity index (χ1v) is 10.1. The molecule has 2 heterocycles. The summed E-state index contributed by atoms with van der Waals surface area (Å²) in [6, 6.07) is 7.33. The Morgan fingerprint density at radius 3 is 2.63 bits per heavy atom. The zero-order valence-electron chi connectivity index (χ0n) is 16.7. The molecular weight excluding hydrogens is 411 g/mol. The van der Waals surface area contributed by atoms with Gasteiger partial charge in [-0.15, -0.1) is 11.3 Å². The molecule has 0 saturated carbocycles. The van der Waals surface area contributed by atoms with Crippen LogP contribution in [-0.2, 0) is 16.1 Å². The van der Waals surface area contributed by atoms with E-state index in [2.05, 4.69) is 15.4 Å². The van der Waals surface area contributed by atoms with Gasteiger partial charge in [0.2, 0.25) is 0 Å². The molecule has 1 atom stereocenters. The van der Waals surface area contributed by atoms with Gasteiger partial charge >= 0.3 is 5.97 Å². The van der Waals surface area contributed by atoms with E-state index in [9.17, 15) is 14.0 Å². The van der Waals surface area contributed by atoms with Crippen molar-refractivity contribution in [3.63, 3.8) is 0 Å². The van der Waals surface area contributed by atoms with Crippen LogP contribution in [0.1, 0.15) is 42.3 Å². The molecule has 1 N–H and O–H groups in total. The zero-order chi connectivity index (χ0) is 21.7. The summed E-state index contributed by atoms with van der Waals surface area (Å²) in [4.78, 5) is 28.8. The van der Waals surface area contributed by atoms with Gasteiger partial charge in [-0.25, -0.2) is 18.9 Å². The van der Waals surface area contributed by atoms with Crippen molar-refractivity contribution in [2.75, 3.05) is 5.32 Å². The maximum absolute atomic E-state index is 12.9. The van der Waals surface area contributed by atoms with Crippen LogP contribution in [-0.4, -0.2) is 32.7 Å². The molecular formula is C20H21FN4O4S. The predicted molar refractivity (Wildman–Crippen MR) is 109 cm³/mol. The minimum Gasteiger partial charge on any atom is -0.486 e. The van der Waals surface area contributed by atoms with Crippen molar-refractivity contribution in [3.05, 3.63) is 58.4 Å². The van der Waals surface area contributed by atoms with Gasteiger partial charge in [0.25, 0.3) is 5.91 Å². The zero-order valence-corrected chi connectivity index (χ0v) is 17.5. The third-order valence-corrected chi connectivity index (χ3v) is 4.82. The number of benzene rings is 1. The number of nitrogens with zero attached hydrogens (tertiary/aromatic N) is 3. The Hall–Kier alpha value is -3.27. The number of ether oxygens (including phenoxy) is 2. The fourth-order valence-electron chi connectivity index (χ4n) is 2.47. The lowest BCUT2D eigenvalue weighted by Gasteiger charge is -2.15. The van der Waals surface area contributed by atoms with Crippen LogP contribution in [0.2, 0.25) is 0 Å². The van der Waals surface area contributed by atoms with Crippen LogP contribution in [0.4, 0.5) is 10.2 Å². The van der Waals surface area contributed by atoms with Crippen LogP contribution in [0, 0.1) is 5.82 Å². The monoisotopic (exact) mass is 432 g/mol. The third-order valence-electron chi connectivity index (χ3n) is 4.00. The van der Waals surface area contributed by atoms with Gasteiger partial charge in [0.1, 0.15) is 29.0 Å². The van der Waals surface area contributed by atoms with Crippen LogP contribution < -0.4 is 10.1 Å². The third kappa shape index (κ3) is 5.41. The summed E-state index contributed by atoms with van der Waals surface area (Å²) in [6.07, 6.45) is 0.561. The van der Waals surface area contributed by atoms with Gasteiger partial charge in [0.15, 0.2) is 11.8 Å². The second-order valence-electron chi connectivity index (χ2n) is 6.66. The maximum Gasteiger partial charge on any atom is 0.358 e. The number of carbonyl (C=O) groups is 2. The summed E-state index contributed by atoms with van der Waals surface area (Å²) in [7, 11) is 0. The van der Waals surface area contributed by atoms with Crippen LogP contribution in [0.3, 0.4) is 0 Å². The molecule has 2 aromatic heterocycles. The number of esters is 1. The van der Waals surface area contributed by atoms with Crippen molar-refractivity contribution in [2.45, 2.75) is 39.5 Å². The molecule has 3 rings (SSSR count). The second kappa shape index (κ2) is 9.49. The number of amides is 1. The second-order valence-corrected chi connectivity index (χ2v) is 7.60. The molecule has 1 amide bonds. The highest BCUT2D eigenvalue weighted by molar-refractivity contribution is 7.09. The fourth-order valence-corrected chi connectivity index (χ4v) is 3.15. The number of thiazole rings is 1. The summed E-state index contributed by atoms with van der Waals surface area (Å²) in [5.74, 6) is -0.526. The van der Waals surface area contributed by atoms with Crippen molar-refractivity contribution in [1.82, 2.24) is 14.8 Å². The first kappa shape index (κ1) is 21.4. The largest absolute Gasteiger partial charge is 0.486 e. The van der Waals surface area contributed by atoms with Crippen LogP contribution in [0.5, 0.6) is 5.75 Å². The van der Waals surface area contributed by atoms with Crippen molar-refractivity contribution in [1.29, 1.82) is 0 Å². The molecule has 158 valence electrons. The summed E-state index contributed by atoms with van der Waals surface area (Å²) < 4.78 is 25.3. The molecule has 1 unspecified atom stereocenters. The van der Waals surface area contributed by atoms with Gasteiger partial charge in [-0.1, -0.05) is 0 Å². The summed E-state index contributed by atoms with van der Waals surface area (Å²) in [5.41, 5.74) is 0.0876. The van der Waals surface area contributed by atoms with Crippen LogP contribution in [0.15, 0.2) is 41.9 Å². The van der Waals surface area contributed by atoms with E-state index < -0.39 is 18.0 Å². The quantitative estimate of drug-likeness (QED) is 0.544. The van der Waals surface area contributed by atoms with E-state index >= 15 is 0 Å². The average molecular weight is 432 g/mol. The molecule has 10 heteroatoms. The van der Waals surface area contributed by atoms with Gasteiger partial charge in [0, 0.05) is 17.5 Å². The Labute approximate surface area is 176 Å². The van der Waals surface area contributed by atoms with Gasteiger partial charge in [0.05, 0.1) is 6.20 Å².